The molecule has 7 heteroatoms. The second-order valence-corrected chi connectivity index (χ2v) is 3.08. The first-order valence-corrected chi connectivity index (χ1v) is 4.50. The lowest BCUT2D eigenvalue weighted by Crippen LogP contribution is -2.12. The Morgan fingerprint density at radius 1 is 1.27 bits per heavy atom. The molecule has 0 radical (unpaired) electrons. The van der Waals surface area contributed by atoms with Crippen LogP contribution in [-0.2, 0) is 12.8 Å². The monoisotopic (exact) mass is 224 g/mol. The third-order valence-electron chi connectivity index (χ3n) is 1.67. The molecule has 0 unspecified atom stereocenters. The molecular formula is C8H11F3N2O2. The molecule has 1 aromatic heterocycles. The van der Waals surface area contributed by atoms with Gasteiger partial charge in [0, 0.05) is 13.0 Å². The number of hydrogen-bond donors (Lipinski definition) is 1. The second-order valence-electron chi connectivity index (χ2n) is 3.08. The Hall–Kier alpha value is -1.11. The molecule has 0 aliphatic heterocycles. The Balaban J connectivity index is 2.42. The summed E-state index contributed by atoms with van der Waals surface area (Å²) >= 11 is 0. The standard InChI is InChI=1S/C8H11F3N2O2/c9-8(10,11)5-6-12-7(15-13-6)3-1-2-4-14/h14H,1-5H2. The van der Waals surface area contributed by atoms with Crippen molar-refractivity contribution in [2.45, 2.75) is 31.9 Å². The van der Waals surface area contributed by atoms with Crippen molar-refractivity contribution in [1.29, 1.82) is 0 Å². The van der Waals surface area contributed by atoms with Gasteiger partial charge in [0.05, 0.1) is 0 Å². The van der Waals surface area contributed by atoms with E-state index in [9.17, 15) is 13.2 Å². The quantitative estimate of drug-likeness (QED) is 0.770. The molecule has 0 aliphatic carbocycles. The second kappa shape index (κ2) is 5.11. The smallest absolute Gasteiger partial charge is 0.396 e. The minimum absolute atomic E-state index is 0.0452. The molecule has 0 spiro atoms. The topological polar surface area (TPSA) is 59.2 Å². The number of aryl methyl sites for hydroxylation is 1. The summed E-state index contributed by atoms with van der Waals surface area (Å²) in [6.07, 6.45) is -3.91. The minimum Gasteiger partial charge on any atom is -0.396 e. The molecular weight excluding hydrogens is 213 g/mol. The molecule has 0 bridgehead atoms. The van der Waals surface area contributed by atoms with Crippen molar-refractivity contribution in [2.75, 3.05) is 6.61 Å². The van der Waals surface area contributed by atoms with Gasteiger partial charge in [-0.25, -0.2) is 0 Å². The molecule has 0 saturated carbocycles. The van der Waals surface area contributed by atoms with Gasteiger partial charge in [0.15, 0.2) is 5.82 Å². The normalized spacial score (nSPS) is 12.0. The molecule has 15 heavy (non-hydrogen) atoms. The largest absolute Gasteiger partial charge is 0.396 e. The maximum absolute atomic E-state index is 11.9. The van der Waals surface area contributed by atoms with Gasteiger partial charge in [-0.2, -0.15) is 18.2 Å². The van der Waals surface area contributed by atoms with Gasteiger partial charge in [-0.1, -0.05) is 5.16 Å². The van der Waals surface area contributed by atoms with E-state index in [1.165, 1.54) is 0 Å². The number of hydrogen-bond acceptors (Lipinski definition) is 4. The van der Waals surface area contributed by atoms with Crippen molar-refractivity contribution in [3.05, 3.63) is 11.7 Å². The van der Waals surface area contributed by atoms with E-state index in [1.54, 1.807) is 0 Å². The van der Waals surface area contributed by atoms with Gasteiger partial charge >= 0.3 is 6.18 Å². The van der Waals surface area contributed by atoms with Crippen molar-refractivity contribution in [1.82, 2.24) is 10.1 Å². The number of alkyl halides is 3. The zero-order chi connectivity index (χ0) is 11.3. The van der Waals surface area contributed by atoms with Crippen molar-refractivity contribution < 1.29 is 22.8 Å². The maximum atomic E-state index is 11.9. The lowest BCUT2D eigenvalue weighted by Gasteiger charge is -1.99. The van der Waals surface area contributed by atoms with E-state index in [0.29, 0.717) is 19.3 Å². The van der Waals surface area contributed by atoms with E-state index in [2.05, 4.69) is 14.7 Å². The average molecular weight is 224 g/mol. The summed E-state index contributed by atoms with van der Waals surface area (Å²) in [6.45, 7) is 0.0452. The van der Waals surface area contributed by atoms with Crippen LogP contribution >= 0.6 is 0 Å². The van der Waals surface area contributed by atoms with Crippen molar-refractivity contribution in [3.8, 4) is 0 Å². The molecule has 0 saturated heterocycles. The van der Waals surface area contributed by atoms with Gasteiger partial charge < -0.3 is 9.63 Å². The molecule has 0 atom stereocenters. The molecule has 0 aliphatic rings. The number of unbranched alkanes of at least 4 members (excludes halogenated alkanes) is 1. The van der Waals surface area contributed by atoms with Gasteiger partial charge in [0.1, 0.15) is 6.42 Å². The molecule has 1 N–H and O–H groups in total. The van der Waals surface area contributed by atoms with Crippen LogP contribution in [0.5, 0.6) is 0 Å². The first-order valence-electron chi connectivity index (χ1n) is 4.50. The number of halogens is 3. The summed E-state index contributed by atoms with van der Waals surface area (Å²) in [6, 6.07) is 0. The highest BCUT2D eigenvalue weighted by Crippen LogP contribution is 2.19. The zero-order valence-corrected chi connectivity index (χ0v) is 7.92. The molecule has 1 heterocycles. The van der Waals surface area contributed by atoms with E-state index in [0.717, 1.165) is 0 Å². The van der Waals surface area contributed by atoms with E-state index in [1.807, 2.05) is 0 Å². The lowest BCUT2D eigenvalue weighted by atomic mass is 10.2. The third kappa shape index (κ3) is 4.78. The lowest BCUT2D eigenvalue weighted by molar-refractivity contribution is -0.128. The summed E-state index contributed by atoms with van der Waals surface area (Å²) in [5, 5.41) is 11.7. The van der Waals surface area contributed by atoms with E-state index >= 15 is 0 Å². The fourth-order valence-electron chi connectivity index (χ4n) is 1.03. The molecule has 1 rings (SSSR count). The van der Waals surface area contributed by atoms with Crippen LogP contribution in [0.3, 0.4) is 0 Å². The molecule has 1 aromatic rings. The highest BCUT2D eigenvalue weighted by atomic mass is 19.4. The number of rotatable bonds is 5. The van der Waals surface area contributed by atoms with E-state index in [-0.39, 0.29) is 18.3 Å². The number of aliphatic hydroxyl groups excluding tert-OH is 1. The van der Waals surface area contributed by atoms with Crippen LogP contribution in [0.4, 0.5) is 13.2 Å². The summed E-state index contributed by atoms with van der Waals surface area (Å²) in [7, 11) is 0. The Bertz CT molecular complexity index is 298. The highest BCUT2D eigenvalue weighted by Gasteiger charge is 2.30. The van der Waals surface area contributed by atoms with Gasteiger partial charge in [0.25, 0.3) is 0 Å². The first kappa shape index (κ1) is 12.0. The van der Waals surface area contributed by atoms with Gasteiger partial charge in [-0.3, -0.25) is 0 Å². The number of aliphatic hydroxyl groups is 1. The van der Waals surface area contributed by atoms with Crippen molar-refractivity contribution in [2.24, 2.45) is 0 Å². The fraction of sp³-hybridized carbons (Fsp3) is 0.750. The van der Waals surface area contributed by atoms with Crippen LogP contribution in [0, 0.1) is 0 Å². The maximum Gasteiger partial charge on any atom is 0.396 e. The third-order valence-corrected chi connectivity index (χ3v) is 1.67. The Kier molecular flexibility index (Phi) is 4.07. The molecule has 4 nitrogen and oxygen atoms in total. The summed E-state index contributed by atoms with van der Waals surface area (Å²) in [4.78, 5) is 3.59. The van der Waals surface area contributed by atoms with Crippen LogP contribution in [0.15, 0.2) is 4.52 Å². The number of nitrogens with zero attached hydrogens (tertiary/aromatic N) is 2. The summed E-state index contributed by atoms with van der Waals surface area (Å²) in [5.74, 6) is -0.163. The van der Waals surface area contributed by atoms with Crippen LogP contribution in [0.25, 0.3) is 0 Å². The van der Waals surface area contributed by atoms with Crippen LogP contribution in [0.1, 0.15) is 24.6 Å². The molecule has 0 aromatic carbocycles. The SMILES string of the molecule is OCCCCc1nc(CC(F)(F)F)no1. The van der Waals surface area contributed by atoms with E-state index in [4.69, 9.17) is 5.11 Å². The van der Waals surface area contributed by atoms with Gasteiger partial charge in [-0.15, -0.1) is 0 Å². The van der Waals surface area contributed by atoms with Crippen LogP contribution in [0.2, 0.25) is 0 Å². The number of aromatic nitrogens is 2. The van der Waals surface area contributed by atoms with Gasteiger partial charge in [0.2, 0.25) is 5.89 Å². The van der Waals surface area contributed by atoms with Crippen molar-refractivity contribution in [3.63, 3.8) is 0 Å². The average Bonchev–Trinajstić information content (AvgIpc) is 2.50. The van der Waals surface area contributed by atoms with Gasteiger partial charge in [-0.05, 0) is 12.8 Å². The Morgan fingerprint density at radius 2 is 2.00 bits per heavy atom. The molecule has 0 fully saturated rings. The molecule has 86 valence electrons. The van der Waals surface area contributed by atoms with Crippen LogP contribution < -0.4 is 0 Å². The predicted molar refractivity (Wildman–Crippen MR) is 44.1 cm³/mol. The first-order chi connectivity index (χ1) is 7.01. The summed E-state index contributed by atoms with van der Waals surface area (Å²) in [5.41, 5.74) is 0. The minimum atomic E-state index is -4.31. The predicted octanol–water partition coefficient (Wildman–Crippen LogP) is 1.49. The Morgan fingerprint density at radius 3 is 2.60 bits per heavy atom. The van der Waals surface area contributed by atoms with E-state index < -0.39 is 12.6 Å². The van der Waals surface area contributed by atoms with Crippen molar-refractivity contribution >= 4 is 0 Å². The molecule has 0 amide bonds. The fourth-order valence-corrected chi connectivity index (χ4v) is 1.03. The van der Waals surface area contributed by atoms with Crippen LogP contribution in [-0.4, -0.2) is 28.0 Å². The Labute approximate surface area is 84.1 Å². The highest BCUT2D eigenvalue weighted by molar-refractivity contribution is 4.88. The zero-order valence-electron chi connectivity index (χ0n) is 7.92. The summed E-state index contributed by atoms with van der Waals surface area (Å²) < 4.78 is 40.3.